The standard InChI is InChI=1S/C23H21F.C3H8/c1-16-13-19-5-2-3-8-22(19)23(14-16)20-7-4-6-18(15-20)17-9-11-21(24)12-10-17;1-3-2/h2-12,15-16,23H,13-14H2,1H3;3H2,1-2H3/t16-,23+;/m1./s1. The Bertz CT molecular complexity index is 863. The van der Waals surface area contributed by atoms with E-state index in [4.69, 9.17) is 0 Å². The minimum atomic E-state index is -0.190. The molecular formula is C26H29F. The van der Waals surface area contributed by atoms with Crippen molar-refractivity contribution in [1.82, 2.24) is 0 Å². The van der Waals surface area contributed by atoms with Crippen LogP contribution in [0.5, 0.6) is 0 Å². The van der Waals surface area contributed by atoms with E-state index in [2.05, 4.69) is 69.3 Å². The Morgan fingerprint density at radius 2 is 1.56 bits per heavy atom. The van der Waals surface area contributed by atoms with Gasteiger partial charge in [0, 0.05) is 5.92 Å². The van der Waals surface area contributed by atoms with Crippen molar-refractivity contribution in [1.29, 1.82) is 0 Å². The molecule has 4 rings (SSSR count). The van der Waals surface area contributed by atoms with Gasteiger partial charge in [-0.05, 0) is 58.7 Å². The Kier molecular flexibility index (Phi) is 6.45. The number of rotatable bonds is 2. The van der Waals surface area contributed by atoms with E-state index >= 15 is 0 Å². The first kappa shape index (κ1) is 19.4. The van der Waals surface area contributed by atoms with Gasteiger partial charge >= 0.3 is 0 Å². The molecule has 0 amide bonds. The number of benzene rings is 3. The second-order valence-electron chi connectivity index (χ2n) is 7.64. The highest BCUT2D eigenvalue weighted by atomic mass is 19.1. The van der Waals surface area contributed by atoms with Gasteiger partial charge in [-0.2, -0.15) is 0 Å². The molecule has 0 saturated heterocycles. The van der Waals surface area contributed by atoms with E-state index in [1.807, 2.05) is 12.1 Å². The van der Waals surface area contributed by atoms with Crippen molar-refractivity contribution in [3.8, 4) is 11.1 Å². The molecule has 0 unspecified atom stereocenters. The largest absolute Gasteiger partial charge is 0.207 e. The van der Waals surface area contributed by atoms with Crippen LogP contribution in [0.15, 0.2) is 72.8 Å². The van der Waals surface area contributed by atoms with Gasteiger partial charge in [-0.1, -0.05) is 87.9 Å². The summed E-state index contributed by atoms with van der Waals surface area (Å²) in [6.07, 6.45) is 3.61. The molecule has 0 saturated carbocycles. The van der Waals surface area contributed by atoms with Crippen LogP contribution in [0.3, 0.4) is 0 Å². The summed E-state index contributed by atoms with van der Waals surface area (Å²) in [5.74, 6) is 0.953. The lowest BCUT2D eigenvalue weighted by molar-refractivity contribution is 0.464. The second-order valence-corrected chi connectivity index (χ2v) is 7.64. The van der Waals surface area contributed by atoms with Gasteiger partial charge < -0.3 is 0 Å². The first-order valence-electron chi connectivity index (χ1n) is 10.1. The predicted molar refractivity (Wildman–Crippen MR) is 114 cm³/mol. The van der Waals surface area contributed by atoms with Crippen LogP contribution in [0.1, 0.15) is 56.2 Å². The van der Waals surface area contributed by atoms with Crippen LogP contribution in [0.25, 0.3) is 11.1 Å². The summed E-state index contributed by atoms with van der Waals surface area (Å²) >= 11 is 0. The van der Waals surface area contributed by atoms with Crippen molar-refractivity contribution in [3.05, 3.63) is 95.3 Å². The molecule has 1 aliphatic carbocycles. The Labute approximate surface area is 163 Å². The lowest BCUT2D eigenvalue weighted by Gasteiger charge is -2.30. The summed E-state index contributed by atoms with van der Waals surface area (Å²) in [5, 5.41) is 0. The monoisotopic (exact) mass is 360 g/mol. The van der Waals surface area contributed by atoms with Crippen molar-refractivity contribution >= 4 is 0 Å². The van der Waals surface area contributed by atoms with E-state index in [9.17, 15) is 4.39 Å². The maximum absolute atomic E-state index is 13.2. The fraction of sp³-hybridized carbons (Fsp3) is 0.308. The van der Waals surface area contributed by atoms with Gasteiger partial charge in [0.05, 0.1) is 0 Å². The van der Waals surface area contributed by atoms with Crippen molar-refractivity contribution < 1.29 is 4.39 Å². The molecule has 3 aromatic rings. The summed E-state index contributed by atoms with van der Waals surface area (Å²) in [6.45, 7) is 6.59. The van der Waals surface area contributed by atoms with E-state index < -0.39 is 0 Å². The average Bonchev–Trinajstić information content (AvgIpc) is 2.68. The Morgan fingerprint density at radius 3 is 2.30 bits per heavy atom. The highest BCUT2D eigenvalue weighted by Gasteiger charge is 2.25. The molecule has 0 aromatic heterocycles. The summed E-state index contributed by atoms with van der Waals surface area (Å²) < 4.78 is 13.2. The zero-order valence-corrected chi connectivity index (χ0v) is 16.6. The van der Waals surface area contributed by atoms with Crippen LogP contribution >= 0.6 is 0 Å². The summed E-state index contributed by atoms with van der Waals surface area (Å²) in [6, 6.07) is 24.3. The number of fused-ring (bicyclic) bond motifs is 1. The number of hydrogen-bond donors (Lipinski definition) is 0. The van der Waals surface area contributed by atoms with Gasteiger partial charge in [-0.15, -0.1) is 0 Å². The lowest BCUT2D eigenvalue weighted by atomic mass is 9.74. The Hall–Kier alpha value is -2.41. The van der Waals surface area contributed by atoms with Crippen molar-refractivity contribution in [2.75, 3.05) is 0 Å². The molecule has 27 heavy (non-hydrogen) atoms. The van der Waals surface area contributed by atoms with Crippen LogP contribution in [-0.2, 0) is 6.42 Å². The lowest BCUT2D eigenvalue weighted by Crippen LogP contribution is -2.17. The quantitative estimate of drug-likeness (QED) is 0.441. The molecule has 0 spiro atoms. The summed E-state index contributed by atoms with van der Waals surface area (Å²) in [5.41, 5.74) is 6.52. The fourth-order valence-electron chi connectivity index (χ4n) is 3.94. The zero-order valence-electron chi connectivity index (χ0n) is 16.6. The number of halogens is 1. The molecule has 0 radical (unpaired) electrons. The van der Waals surface area contributed by atoms with Crippen LogP contribution in [0, 0.1) is 11.7 Å². The van der Waals surface area contributed by atoms with Gasteiger partial charge in [-0.25, -0.2) is 4.39 Å². The summed E-state index contributed by atoms with van der Waals surface area (Å²) in [4.78, 5) is 0. The number of hydrogen-bond acceptors (Lipinski definition) is 0. The third-order valence-electron chi connectivity index (χ3n) is 5.10. The van der Waals surface area contributed by atoms with Gasteiger partial charge in [0.2, 0.25) is 0 Å². The van der Waals surface area contributed by atoms with Gasteiger partial charge in [0.15, 0.2) is 0 Å². The zero-order chi connectivity index (χ0) is 19.2. The van der Waals surface area contributed by atoms with Crippen LogP contribution < -0.4 is 0 Å². The topological polar surface area (TPSA) is 0 Å². The van der Waals surface area contributed by atoms with Gasteiger partial charge in [0.25, 0.3) is 0 Å². The molecule has 0 bridgehead atoms. The van der Waals surface area contributed by atoms with Crippen LogP contribution in [0.4, 0.5) is 4.39 Å². The molecular weight excluding hydrogens is 331 g/mol. The van der Waals surface area contributed by atoms with E-state index in [0.29, 0.717) is 11.8 Å². The molecule has 1 aliphatic rings. The van der Waals surface area contributed by atoms with Gasteiger partial charge in [-0.3, -0.25) is 0 Å². The molecule has 0 fully saturated rings. The molecule has 2 atom stereocenters. The molecule has 140 valence electrons. The van der Waals surface area contributed by atoms with E-state index in [1.165, 1.54) is 48.1 Å². The predicted octanol–water partition coefficient (Wildman–Crippen LogP) is 7.62. The third-order valence-corrected chi connectivity index (χ3v) is 5.10. The van der Waals surface area contributed by atoms with Crippen LogP contribution in [0.2, 0.25) is 0 Å². The van der Waals surface area contributed by atoms with Crippen LogP contribution in [-0.4, -0.2) is 0 Å². The molecule has 0 nitrogen and oxygen atoms in total. The normalized spacial score (nSPS) is 18.2. The van der Waals surface area contributed by atoms with Gasteiger partial charge in [0.1, 0.15) is 5.82 Å². The maximum Gasteiger partial charge on any atom is 0.123 e. The van der Waals surface area contributed by atoms with Crippen molar-refractivity contribution in [2.24, 2.45) is 5.92 Å². The van der Waals surface area contributed by atoms with E-state index in [1.54, 1.807) is 0 Å². The maximum atomic E-state index is 13.2. The fourth-order valence-corrected chi connectivity index (χ4v) is 3.94. The molecule has 0 N–H and O–H groups in total. The second kappa shape index (κ2) is 8.99. The van der Waals surface area contributed by atoms with E-state index in [0.717, 1.165) is 11.1 Å². The molecule has 0 heterocycles. The smallest absolute Gasteiger partial charge is 0.123 e. The molecule has 0 aliphatic heterocycles. The molecule has 3 aromatic carbocycles. The highest BCUT2D eigenvalue weighted by molar-refractivity contribution is 5.64. The first-order chi connectivity index (χ1) is 13.1. The highest BCUT2D eigenvalue weighted by Crippen LogP contribution is 2.40. The average molecular weight is 361 g/mol. The summed E-state index contributed by atoms with van der Waals surface area (Å²) in [7, 11) is 0. The third kappa shape index (κ3) is 4.66. The van der Waals surface area contributed by atoms with Crippen molar-refractivity contribution in [3.63, 3.8) is 0 Å². The Morgan fingerprint density at radius 1 is 0.852 bits per heavy atom. The first-order valence-corrected chi connectivity index (χ1v) is 10.1. The van der Waals surface area contributed by atoms with Crippen molar-refractivity contribution in [2.45, 2.75) is 46.0 Å². The minimum absolute atomic E-state index is 0.190. The minimum Gasteiger partial charge on any atom is -0.207 e. The molecule has 1 heteroatoms. The van der Waals surface area contributed by atoms with E-state index in [-0.39, 0.29) is 5.82 Å². The Balaban J connectivity index is 0.000000659. The SMILES string of the molecule is CCC.C[C@@H]1Cc2ccccc2[C@H](c2cccc(-c3ccc(F)cc3)c2)C1.